The van der Waals surface area contributed by atoms with Gasteiger partial charge in [-0.15, -0.1) is 0 Å². The Morgan fingerprint density at radius 1 is 0.852 bits per heavy atom. The van der Waals surface area contributed by atoms with E-state index < -0.39 is 12.1 Å². The van der Waals surface area contributed by atoms with E-state index in [0.717, 1.165) is 5.56 Å². The van der Waals surface area contributed by atoms with Gasteiger partial charge in [0.2, 0.25) is 0 Å². The average molecular weight is 364 g/mol. The van der Waals surface area contributed by atoms with Crippen LogP contribution in [0.1, 0.15) is 5.56 Å². The van der Waals surface area contributed by atoms with E-state index in [9.17, 15) is 9.90 Å². The highest BCUT2D eigenvalue weighted by Crippen LogP contribution is 2.27. The third-order valence-corrected chi connectivity index (χ3v) is 3.96. The van der Waals surface area contributed by atoms with Crippen LogP contribution >= 0.6 is 0 Å². The molecule has 0 heterocycles. The molecule has 3 rings (SSSR count). The van der Waals surface area contributed by atoms with E-state index in [1.54, 1.807) is 31.4 Å². The van der Waals surface area contributed by atoms with Crippen LogP contribution in [0.4, 0.5) is 0 Å². The predicted molar refractivity (Wildman–Crippen MR) is 102 cm³/mol. The lowest BCUT2D eigenvalue weighted by atomic mass is 10.1. The van der Waals surface area contributed by atoms with E-state index in [2.05, 4.69) is 0 Å². The van der Waals surface area contributed by atoms with Gasteiger partial charge in [0.15, 0.2) is 6.10 Å². The molecule has 27 heavy (non-hydrogen) atoms. The Morgan fingerprint density at radius 3 is 2.15 bits per heavy atom. The molecular weight excluding hydrogens is 344 g/mol. The van der Waals surface area contributed by atoms with Crippen LogP contribution in [0.15, 0.2) is 78.9 Å². The summed E-state index contributed by atoms with van der Waals surface area (Å²) in [5.41, 5.74) is 0.752. The van der Waals surface area contributed by atoms with Gasteiger partial charge in [-0.2, -0.15) is 0 Å². The van der Waals surface area contributed by atoms with Crippen LogP contribution in [0.5, 0.6) is 23.0 Å². The number of hydrogen-bond acceptors (Lipinski definition) is 4. The van der Waals surface area contributed by atoms with E-state index in [0.29, 0.717) is 23.0 Å². The van der Waals surface area contributed by atoms with Crippen molar-refractivity contribution in [2.75, 3.05) is 7.11 Å². The highest BCUT2D eigenvalue weighted by molar-refractivity contribution is 5.73. The molecule has 3 aromatic rings. The Balaban J connectivity index is 1.77. The lowest BCUT2D eigenvalue weighted by Crippen LogP contribution is -2.29. The number of carboxylic acid groups (broad SMARTS) is 1. The summed E-state index contributed by atoms with van der Waals surface area (Å²) in [4.78, 5) is 11.7. The van der Waals surface area contributed by atoms with E-state index in [1.807, 2.05) is 54.6 Å². The molecule has 138 valence electrons. The van der Waals surface area contributed by atoms with Crippen molar-refractivity contribution < 1.29 is 24.1 Å². The molecule has 0 spiro atoms. The first-order chi connectivity index (χ1) is 13.2. The van der Waals surface area contributed by atoms with Gasteiger partial charge in [0.05, 0.1) is 7.11 Å². The van der Waals surface area contributed by atoms with Gasteiger partial charge in [-0.05, 0) is 48.0 Å². The van der Waals surface area contributed by atoms with Crippen LogP contribution in [0.3, 0.4) is 0 Å². The summed E-state index contributed by atoms with van der Waals surface area (Å²) in [6.07, 6.45) is -0.872. The lowest BCUT2D eigenvalue weighted by molar-refractivity contribution is -0.145. The van der Waals surface area contributed by atoms with Crippen molar-refractivity contribution in [3.8, 4) is 23.0 Å². The van der Waals surface area contributed by atoms with Gasteiger partial charge in [0, 0.05) is 6.42 Å². The van der Waals surface area contributed by atoms with Crippen molar-refractivity contribution in [1.82, 2.24) is 0 Å². The third kappa shape index (κ3) is 5.01. The second-order valence-corrected chi connectivity index (χ2v) is 5.85. The normalized spacial score (nSPS) is 11.4. The Hall–Kier alpha value is -3.47. The standard InChI is InChI=1S/C22H20O5/c1-25-17-11-13-19(14-12-17)27-21(22(23)24)15-16-7-5-6-10-20(16)26-18-8-3-2-4-9-18/h2-14,21H,15H2,1H3,(H,23,24)/t21-/m1/s1. The minimum Gasteiger partial charge on any atom is -0.497 e. The van der Waals surface area contributed by atoms with Gasteiger partial charge in [-0.3, -0.25) is 0 Å². The Morgan fingerprint density at radius 2 is 1.48 bits per heavy atom. The fraction of sp³-hybridized carbons (Fsp3) is 0.136. The number of aliphatic carboxylic acids is 1. The summed E-state index contributed by atoms with van der Waals surface area (Å²) in [5.74, 6) is 1.39. The van der Waals surface area contributed by atoms with Crippen LogP contribution in [0.2, 0.25) is 0 Å². The third-order valence-electron chi connectivity index (χ3n) is 3.96. The number of carboxylic acids is 1. The number of benzene rings is 3. The molecule has 1 atom stereocenters. The van der Waals surface area contributed by atoms with Gasteiger partial charge in [0.1, 0.15) is 23.0 Å². The molecule has 0 aliphatic rings. The Bertz CT molecular complexity index is 875. The fourth-order valence-electron chi connectivity index (χ4n) is 2.59. The van der Waals surface area contributed by atoms with Crippen molar-refractivity contribution >= 4 is 5.97 Å². The minimum absolute atomic E-state index is 0.171. The maximum atomic E-state index is 11.7. The lowest BCUT2D eigenvalue weighted by Gasteiger charge is -2.17. The smallest absolute Gasteiger partial charge is 0.345 e. The molecule has 5 nitrogen and oxygen atoms in total. The first-order valence-electron chi connectivity index (χ1n) is 8.50. The molecule has 0 amide bonds. The largest absolute Gasteiger partial charge is 0.497 e. The van der Waals surface area contributed by atoms with E-state index in [1.165, 1.54) is 0 Å². The zero-order valence-corrected chi connectivity index (χ0v) is 14.9. The van der Waals surface area contributed by atoms with Crippen LogP contribution in [-0.2, 0) is 11.2 Å². The molecule has 5 heteroatoms. The zero-order valence-electron chi connectivity index (χ0n) is 14.9. The van der Waals surface area contributed by atoms with Crippen LogP contribution in [0.25, 0.3) is 0 Å². The van der Waals surface area contributed by atoms with Crippen LogP contribution in [-0.4, -0.2) is 24.3 Å². The monoisotopic (exact) mass is 364 g/mol. The van der Waals surface area contributed by atoms with Crippen LogP contribution < -0.4 is 14.2 Å². The van der Waals surface area contributed by atoms with E-state index in [-0.39, 0.29) is 6.42 Å². The number of methoxy groups -OCH3 is 1. The van der Waals surface area contributed by atoms with Crippen LogP contribution in [0, 0.1) is 0 Å². The van der Waals surface area contributed by atoms with E-state index >= 15 is 0 Å². The first-order valence-corrected chi connectivity index (χ1v) is 8.50. The number of ether oxygens (including phenoxy) is 3. The van der Waals surface area contributed by atoms with E-state index in [4.69, 9.17) is 14.2 Å². The summed E-state index contributed by atoms with van der Waals surface area (Å²) in [7, 11) is 1.57. The molecule has 0 unspecified atom stereocenters. The van der Waals surface area contributed by atoms with Gasteiger partial charge in [-0.25, -0.2) is 4.79 Å². The molecule has 0 bridgehead atoms. The van der Waals surface area contributed by atoms with Crippen molar-refractivity contribution in [3.63, 3.8) is 0 Å². The number of para-hydroxylation sites is 2. The molecule has 0 saturated carbocycles. The molecule has 3 aromatic carbocycles. The van der Waals surface area contributed by atoms with Gasteiger partial charge >= 0.3 is 5.97 Å². The van der Waals surface area contributed by atoms with Crippen molar-refractivity contribution in [1.29, 1.82) is 0 Å². The highest BCUT2D eigenvalue weighted by atomic mass is 16.5. The maximum absolute atomic E-state index is 11.7. The maximum Gasteiger partial charge on any atom is 0.345 e. The number of rotatable bonds is 8. The quantitative estimate of drug-likeness (QED) is 0.635. The Labute approximate surface area is 157 Å². The van der Waals surface area contributed by atoms with Crippen molar-refractivity contribution in [2.45, 2.75) is 12.5 Å². The fourth-order valence-corrected chi connectivity index (χ4v) is 2.59. The average Bonchev–Trinajstić information content (AvgIpc) is 2.70. The SMILES string of the molecule is COc1ccc(O[C@H](Cc2ccccc2Oc2ccccc2)C(=O)O)cc1. The van der Waals surface area contributed by atoms with Crippen molar-refractivity contribution in [2.24, 2.45) is 0 Å². The second kappa shape index (κ2) is 8.76. The molecule has 0 saturated heterocycles. The zero-order chi connectivity index (χ0) is 19.1. The molecule has 0 aliphatic heterocycles. The van der Waals surface area contributed by atoms with Gasteiger partial charge < -0.3 is 19.3 Å². The first kappa shape index (κ1) is 18.3. The molecule has 0 radical (unpaired) electrons. The molecule has 0 aromatic heterocycles. The minimum atomic E-state index is -1.04. The number of carbonyl (C=O) groups is 1. The predicted octanol–water partition coefficient (Wildman–Crippen LogP) is 4.56. The van der Waals surface area contributed by atoms with Gasteiger partial charge in [-0.1, -0.05) is 36.4 Å². The molecule has 0 fully saturated rings. The molecule has 0 aliphatic carbocycles. The summed E-state index contributed by atoms with van der Waals surface area (Å²) >= 11 is 0. The topological polar surface area (TPSA) is 65.0 Å². The second-order valence-electron chi connectivity index (χ2n) is 5.85. The number of hydrogen-bond donors (Lipinski definition) is 1. The molecular formula is C22H20O5. The summed E-state index contributed by atoms with van der Waals surface area (Å²) in [6.45, 7) is 0. The van der Waals surface area contributed by atoms with Gasteiger partial charge in [0.25, 0.3) is 0 Å². The summed E-state index contributed by atoms with van der Waals surface area (Å²) < 4.78 is 16.7. The van der Waals surface area contributed by atoms with Crippen molar-refractivity contribution in [3.05, 3.63) is 84.4 Å². The summed E-state index contributed by atoms with van der Waals surface area (Å²) in [6, 6.07) is 23.5. The highest BCUT2D eigenvalue weighted by Gasteiger charge is 2.22. The summed E-state index contributed by atoms with van der Waals surface area (Å²) in [5, 5.41) is 9.59. The Kier molecular flexibility index (Phi) is 5.94. The molecule has 1 N–H and O–H groups in total.